The van der Waals surface area contributed by atoms with E-state index >= 15 is 0 Å². The molecule has 0 saturated carbocycles. The Kier molecular flexibility index (Phi) is 6.86. The van der Waals surface area contributed by atoms with Crippen LogP contribution >= 0.6 is 23.4 Å². The first-order chi connectivity index (χ1) is 14.6. The second-order valence-electron chi connectivity index (χ2n) is 7.74. The van der Waals surface area contributed by atoms with Crippen molar-refractivity contribution in [2.45, 2.75) is 36.8 Å². The van der Waals surface area contributed by atoms with Gasteiger partial charge in [-0.2, -0.15) is 5.10 Å². The summed E-state index contributed by atoms with van der Waals surface area (Å²) in [4.78, 5) is 16.7. The Morgan fingerprint density at radius 3 is 2.55 bits per heavy atom. The zero-order valence-electron chi connectivity index (χ0n) is 17.3. The second kappa shape index (κ2) is 9.23. The molecule has 0 saturated heterocycles. The minimum Gasteiger partial charge on any atom is -0.439 e. The van der Waals surface area contributed by atoms with Crippen molar-refractivity contribution in [2.24, 2.45) is 5.41 Å². The fourth-order valence-corrected chi connectivity index (χ4v) is 3.80. The maximum Gasteiger partial charge on any atom is 0.407 e. The van der Waals surface area contributed by atoms with Gasteiger partial charge in [-0.05, 0) is 30.3 Å². The van der Waals surface area contributed by atoms with E-state index in [1.165, 1.54) is 29.6 Å². The average Bonchev–Trinajstić information content (AvgIpc) is 3.09. The van der Waals surface area contributed by atoms with Crippen molar-refractivity contribution in [3.8, 4) is 5.69 Å². The molecule has 1 amide bonds. The molecule has 0 aliphatic carbocycles. The molecular weight excluding hydrogens is 446 g/mol. The zero-order valence-corrected chi connectivity index (χ0v) is 18.9. The van der Waals surface area contributed by atoms with Gasteiger partial charge in [0.1, 0.15) is 27.4 Å². The number of nitrogens with one attached hydrogen (secondary N) is 1. The molecule has 0 aliphatic rings. The van der Waals surface area contributed by atoms with E-state index in [2.05, 4.69) is 15.4 Å². The van der Waals surface area contributed by atoms with Crippen molar-refractivity contribution in [3.63, 3.8) is 0 Å². The van der Waals surface area contributed by atoms with Crippen LogP contribution in [0.4, 0.5) is 13.6 Å². The van der Waals surface area contributed by atoms with Gasteiger partial charge in [0, 0.05) is 29.6 Å². The van der Waals surface area contributed by atoms with Gasteiger partial charge in [-0.15, -0.1) is 0 Å². The van der Waals surface area contributed by atoms with Crippen molar-refractivity contribution in [3.05, 3.63) is 65.1 Å². The summed E-state index contributed by atoms with van der Waals surface area (Å²) in [5.74, 6) is -1.47. The summed E-state index contributed by atoms with van der Waals surface area (Å²) in [5, 5.41) is 7.82. The maximum absolute atomic E-state index is 14.6. The Labute approximate surface area is 188 Å². The Morgan fingerprint density at radius 2 is 1.97 bits per heavy atom. The summed E-state index contributed by atoms with van der Waals surface area (Å²) in [6.07, 6.45) is 0.242. The van der Waals surface area contributed by atoms with Gasteiger partial charge < -0.3 is 10.1 Å². The third-order valence-corrected chi connectivity index (χ3v) is 5.44. The van der Waals surface area contributed by atoms with E-state index in [1.54, 1.807) is 24.4 Å². The van der Waals surface area contributed by atoms with Crippen LogP contribution in [0.3, 0.4) is 0 Å². The lowest BCUT2D eigenvalue weighted by Crippen LogP contribution is -2.29. The maximum atomic E-state index is 14.6. The molecule has 31 heavy (non-hydrogen) atoms. The SMILES string of the molecule is CNC(=O)OC(c1cc(Sc2ccc(Cl)nc2)n(-c2ccc(F)cc2F)n1)C(C)(C)C. The van der Waals surface area contributed by atoms with Crippen molar-refractivity contribution < 1.29 is 18.3 Å². The lowest BCUT2D eigenvalue weighted by molar-refractivity contribution is 0.0284. The molecule has 164 valence electrons. The van der Waals surface area contributed by atoms with Crippen molar-refractivity contribution in [1.29, 1.82) is 0 Å². The second-order valence-corrected chi connectivity index (χ2v) is 9.22. The highest BCUT2D eigenvalue weighted by Gasteiger charge is 2.33. The molecule has 1 aromatic carbocycles. The van der Waals surface area contributed by atoms with E-state index in [-0.39, 0.29) is 5.69 Å². The quantitative estimate of drug-likeness (QED) is 0.482. The van der Waals surface area contributed by atoms with Gasteiger partial charge in [-0.3, -0.25) is 0 Å². The molecule has 3 rings (SSSR count). The third kappa shape index (κ3) is 5.54. The van der Waals surface area contributed by atoms with Gasteiger partial charge in [0.2, 0.25) is 0 Å². The third-order valence-electron chi connectivity index (χ3n) is 4.24. The first-order valence-electron chi connectivity index (χ1n) is 9.31. The minimum atomic E-state index is -0.773. The number of pyridine rings is 1. The molecule has 2 aromatic heterocycles. The number of hydrogen-bond donors (Lipinski definition) is 1. The van der Waals surface area contributed by atoms with E-state index < -0.39 is 29.2 Å². The highest BCUT2D eigenvalue weighted by Crippen LogP contribution is 2.39. The number of nitrogens with zero attached hydrogens (tertiary/aromatic N) is 3. The van der Waals surface area contributed by atoms with E-state index in [0.717, 1.165) is 17.0 Å². The molecule has 3 aromatic rings. The molecule has 2 heterocycles. The number of rotatable bonds is 5. The summed E-state index contributed by atoms with van der Waals surface area (Å²) in [5.41, 5.74) is -0.0227. The van der Waals surface area contributed by atoms with Crippen LogP contribution in [-0.4, -0.2) is 27.9 Å². The van der Waals surface area contributed by atoms with E-state index in [9.17, 15) is 13.6 Å². The topological polar surface area (TPSA) is 69.0 Å². The standard InChI is InChI=1S/C21H21ClF2N4O2S/c1-21(2,3)19(30-20(29)25-4)15-10-18(31-13-6-8-17(22)26-11-13)28(27-15)16-7-5-12(23)9-14(16)24/h5-11,19H,1-4H3,(H,25,29). The molecule has 10 heteroatoms. The van der Waals surface area contributed by atoms with E-state index in [1.807, 2.05) is 20.8 Å². The van der Waals surface area contributed by atoms with Crippen LogP contribution < -0.4 is 5.32 Å². The minimum absolute atomic E-state index is 0.0599. The molecule has 0 spiro atoms. The molecule has 6 nitrogen and oxygen atoms in total. The smallest absolute Gasteiger partial charge is 0.407 e. The molecule has 0 fully saturated rings. The van der Waals surface area contributed by atoms with Crippen molar-refractivity contribution >= 4 is 29.5 Å². The van der Waals surface area contributed by atoms with Gasteiger partial charge in [-0.25, -0.2) is 23.2 Å². The van der Waals surface area contributed by atoms with E-state index in [4.69, 9.17) is 16.3 Å². The summed E-state index contributed by atoms with van der Waals surface area (Å²) in [7, 11) is 1.46. The van der Waals surface area contributed by atoms with Crippen LogP contribution in [0, 0.1) is 17.0 Å². The summed E-state index contributed by atoms with van der Waals surface area (Å²) >= 11 is 7.12. The molecule has 1 N–H and O–H groups in total. The van der Waals surface area contributed by atoms with E-state index in [0.29, 0.717) is 15.9 Å². The Hall–Kier alpha value is -2.65. The summed E-state index contributed by atoms with van der Waals surface area (Å²) in [6, 6.07) is 8.35. The molecule has 1 atom stereocenters. The number of carbonyl (C=O) groups is 1. The number of hydrogen-bond acceptors (Lipinski definition) is 5. The highest BCUT2D eigenvalue weighted by molar-refractivity contribution is 7.99. The Morgan fingerprint density at radius 1 is 1.23 bits per heavy atom. The number of carbonyl (C=O) groups excluding carboxylic acids is 1. The van der Waals surface area contributed by atoms with Gasteiger partial charge >= 0.3 is 6.09 Å². The lowest BCUT2D eigenvalue weighted by Gasteiger charge is -2.28. The van der Waals surface area contributed by atoms with Crippen molar-refractivity contribution in [1.82, 2.24) is 20.1 Å². The molecule has 1 unspecified atom stereocenters. The zero-order chi connectivity index (χ0) is 22.8. The predicted octanol–water partition coefficient (Wildman–Crippen LogP) is 5.79. The predicted molar refractivity (Wildman–Crippen MR) is 115 cm³/mol. The van der Waals surface area contributed by atoms with Crippen LogP contribution in [0.5, 0.6) is 0 Å². The van der Waals surface area contributed by atoms with Crippen LogP contribution in [0.25, 0.3) is 5.69 Å². The van der Waals surface area contributed by atoms with Gasteiger partial charge in [0.15, 0.2) is 11.9 Å². The van der Waals surface area contributed by atoms with Crippen LogP contribution in [0.1, 0.15) is 32.6 Å². The fourth-order valence-electron chi connectivity index (χ4n) is 2.80. The number of alkyl carbamates (subject to hydrolysis) is 1. The lowest BCUT2D eigenvalue weighted by atomic mass is 9.87. The van der Waals surface area contributed by atoms with Crippen LogP contribution in [-0.2, 0) is 4.74 Å². The summed E-state index contributed by atoms with van der Waals surface area (Å²) in [6.45, 7) is 5.69. The number of halogens is 3. The summed E-state index contributed by atoms with van der Waals surface area (Å²) < 4.78 is 34.9. The van der Waals surface area contributed by atoms with Crippen LogP contribution in [0.2, 0.25) is 5.15 Å². The Bertz CT molecular complexity index is 1080. The number of aromatic nitrogens is 3. The number of benzene rings is 1. The normalized spacial score (nSPS) is 12.5. The molecular formula is C21H21ClF2N4O2S. The number of amides is 1. The van der Waals surface area contributed by atoms with Crippen LogP contribution in [0.15, 0.2) is 52.5 Å². The average molecular weight is 467 g/mol. The van der Waals surface area contributed by atoms with Crippen molar-refractivity contribution in [2.75, 3.05) is 7.05 Å². The first kappa shape index (κ1) is 23.0. The highest BCUT2D eigenvalue weighted by atomic mass is 35.5. The first-order valence-corrected chi connectivity index (χ1v) is 10.5. The van der Waals surface area contributed by atoms with Gasteiger partial charge in [0.25, 0.3) is 0 Å². The van der Waals surface area contributed by atoms with Gasteiger partial charge in [-0.1, -0.05) is 44.1 Å². The molecule has 0 bridgehead atoms. The Balaban J connectivity index is 2.11. The monoisotopic (exact) mass is 466 g/mol. The largest absolute Gasteiger partial charge is 0.439 e. The fraction of sp³-hybridized carbons (Fsp3) is 0.286. The van der Waals surface area contributed by atoms with Gasteiger partial charge in [0.05, 0.1) is 0 Å². The number of ether oxygens (including phenoxy) is 1. The molecule has 0 aliphatic heterocycles. The molecule has 0 radical (unpaired) electrons.